The number of aryl methyl sites for hydroxylation is 1. The van der Waals surface area contributed by atoms with Gasteiger partial charge >= 0.3 is 0 Å². The number of rotatable bonds is 2. The smallest absolute Gasteiger partial charge is 0.0696 e. The Morgan fingerprint density at radius 2 is 1.81 bits per heavy atom. The van der Waals surface area contributed by atoms with E-state index in [1.165, 1.54) is 5.56 Å². The third-order valence-corrected chi connectivity index (χ3v) is 2.94. The molecular formula is C14H13ClO. The van der Waals surface area contributed by atoms with Gasteiger partial charge in [-0.1, -0.05) is 47.5 Å². The van der Waals surface area contributed by atoms with Crippen LogP contribution in [0.1, 0.15) is 11.1 Å². The molecular weight excluding hydrogens is 220 g/mol. The SMILES string of the molecule is Cc1cccc(-c2ccc(Cl)c(CO)c2)c1. The highest BCUT2D eigenvalue weighted by Gasteiger charge is 2.03. The van der Waals surface area contributed by atoms with E-state index in [4.69, 9.17) is 16.7 Å². The number of hydrogen-bond donors (Lipinski definition) is 1. The van der Waals surface area contributed by atoms with Crippen molar-refractivity contribution in [1.29, 1.82) is 0 Å². The normalized spacial score (nSPS) is 10.4. The van der Waals surface area contributed by atoms with Gasteiger partial charge in [-0.3, -0.25) is 0 Å². The number of halogens is 1. The largest absolute Gasteiger partial charge is 0.392 e. The lowest BCUT2D eigenvalue weighted by Gasteiger charge is -2.06. The molecule has 0 saturated heterocycles. The van der Waals surface area contributed by atoms with Crippen molar-refractivity contribution < 1.29 is 5.11 Å². The zero-order valence-electron chi connectivity index (χ0n) is 9.07. The Bertz CT molecular complexity index is 506. The molecule has 2 heteroatoms. The van der Waals surface area contributed by atoms with Crippen LogP contribution in [0.25, 0.3) is 11.1 Å². The van der Waals surface area contributed by atoms with Crippen LogP contribution in [0.15, 0.2) is 42.5 Å². The molecule has 0 atom stereocenters. The molecule has 0 amide bonds. The molecule has 0 aliphatic carbocycles. The van der Waals surface area contributed by atoms with Gasteiger partial charge in [0.15, 0.2) is 0 Å². The molecule has 1 nitrogen and oxygen atoms in total. The fraction of sp³-hybridized carbons (Fsp3) is 0.143. The molecule has 0 aromatic heterocycles. The summed E-state index contributed by atoms with van der Waals surface area (Å²) in [5.74, 6) is 0. The van der Waals surface area contributed by atoms with Crippen molar-refractivity contribution >= 4 is 11.6 Å². The van der Waals surface area contributed by atoms with Gasteiger partial charge in [0.25, 0.3) is 0 Å². The summed E-state index contributed by atoms with van der Waals surface area (Å²) >= 11 is 5.96. The van der Waals surface area contributed by atoms with Gasteiger partial charge in [-0.2, -0.15) is 0 Å². The van der Waals surface area contributed by atoms with Crippen molar-refractivity contribution in [2.45, 2.75) is 13.5 Å². The summed E-state index contributed by atoms with van der Waals surface area (Å²) in [6.45, 7) is 2.03. The van der Waals surface area contributed by atoms with E-state index in [2.05, 4.69) is 25.1 Å². The standard InChI is InChI=1S/C14H13ClO/c1-10-3-2-4-11(7-10)12-5-6-14(15)13(8-12)9-16/h2-8,16H,9H2,1H3. The van der Waals surface area contributed by atoms with Crippen LogP contribution in [-0.2, 0) is 6.61 Å². The maximum absolute atomic E-state index is 9.16. The Labute approximate surface area is 100 Å². The summed E-state index contributed by atoms with van der Waals surface area (Å²) < 4.78 is 0. The number of benzene rings is 2. The van der Waals surface area contributed by atoms with Gasteiger partial charge in [0.2, 0.25) is 0 Å². The highest BCUT2D eigenvalue weighted by atomic mass is 35.5. The first-order valence-corrected chi connectivity index (χ1v) is 5.55. The van der Waals surface area contributed by atoms with Gasteiger partial charge in [-0.15, -0.1) is 0 Å². The molecule has 0 bridgehead atoms. The average Bonchev–Trinajstić information content (AvgIpc) is 2.29. The molecule has 0 radical (unpaired) electrons. The van der Waals surface area contributed by atoms with Crippen LogP contribution in [-0.4, -0.2) is 5.11 Å². The first-order valence-electron chi connectivity index (χ1n) is 5.17. The minimum atomic E-state index is -0.0293. The van der Waals surface area contributed by atoms with Crippen molar-refractivity contribution in [3.63, 3.8) is 0 Å². The van der Waals surface area contributed by atoms with Crippen LogP contribution in [0, 0.1) is 6.92 Å². The van der Waals surface area contributed by atoms with E-state index in [1.54, 1.807) is 0 Å². The zero-order chi connectivity index (χ0) is 11.5. The van der Waals surface area contributed by atoms with Crippen molar-refractivity contribution in [2.75, 3.05) is 0 Å². The molecule has 0 aliphatic heterocycles. The first kappa shape index (κ1) is 11.2. The van der Waals surface area contributed by atoms with Crippen molar-refractivity contribution in [1.82, 2.24) is 0 Å². The Kier molecular flexibility index (Phi) is 3.28. The van der Waals surface area contributed by atoms with E-state index < -0.39 is 0 Å². The van der Waals surface area contributed by atoms with Crippen LogP contribution >= 0.6 is 11.6 Å². The van der Waals surface area contributed by atoms with Crippen molar-refractivity contribution in [3.8, 4) is 11.1 Å². The number of hydrogen-bond acceptors (Lipinski definition) is 1. The lowest BCUT2D eigenvalue weighted by molar-refractivity contribution is 0.282. The minimum absolute atomic E-state index is 0.0293. The van der Waals surface area contributed by atoms with E-state index in [1.807, 2.05) is 24.3 Å². The lowest BCUT2D eigenvalue weighted by Crippen LogP contribution is -1.87. The second-order valence-corrected chi connectivity index (χ2v) is 4.24. The Hall–Kier alpha value is -1.31. The lowest BCUT2D eigenvalue weighted by atomic mass is 10.0. The van der Waals surface area contributed by atoms with Crippen LogP contribution in [0.3, 0.4) is 0 Å². The molecule has 1 N–H and O–H groups in total. The van der Waals surface area contributed by atoms with Gasteiger partial charge in [-0.05, 0) is 35.7 Å². The van der Waals surface area contributed by atoms with E-state index >= 15 is 0 Å². The molecule has 16 heavy (non-hydrogen) atoms. The molecule has 2 aromatic carbocycles. The quantitative estimate of drug-likeness (QED) is 0.835. The molecule has 0 spiro atoms. The molecule has 0 fully saturated rings. The molecule has 0 aliphatic rings. The van der Waals surface area contributed by atoms with E-state index in [-0.39, 0.29) is 6.61 Å². The molecule has 0 heterocycles. The van der Waals surface area contributed by atoms with Crippen LogP contribution in [0.4, 0.5) is 0 Å². The predicted molar refractivity (Wildman–Crippen MR) is 67.5 cm³/mol. The molecule has 2 rings (SSSR count). The van der Waals surface area contributed by atoms with E-state index in [0.29, 0.717) is 5.02 Å². The molecule has 0 unspecified atom stereocenters. The van der Waals surface area contributed by atoms with Gasteiger partial charge in [0, 0.05) is 5.02 Å². The highest BCUT2D eigenvalue weighted by Crippen LogP contribution is 2.25. The van der Waals surface area contributed by atoms with Crippen LogP contribution < -0.4 is 0 Å². The average molecular weight is 233 g/mol. The van der Waals surface area contributed by atoms with E-state index in [0.717, 1.165) is 16.7 Å². The van der Waals surface area contributed by atoms with Gasteiger partial charge in [-0.25, -0.2) is 0 Å². The molecule has 0 saturated carbocycles. The topological polar surface area (TPSA) is 20.2 Å². The maximum Gasteiger partial charge on any atom is 0.0696 e. The fourth-order valence-corrected chi connectivity index (χ4v) is 1.88. The van der Waals surface area contributed by atoms with Crippen LogP contribution in [0.5, 0.6) is 0 Å². The second-order valence-electron chi connectivity index (χ2n) is 3.83. The predicted octanol–water partition coefficient (Wildman–Crippen LogP) is 3.81. The maximum atomic E-state index is 9.16. The Balaban J connectivity index is 2.48. The van der Waals surface area contributed by atoms with Crippen molar-refractivity contribution in [2.24, 2.45) is 0 Å². The van der Waals surface area contributed by atoms with Crippen molar-refractivity contribution in [3.05, 3.63) is 58.6 Å². The minimum Gasteiger partial charge on any atom is -0.392 e. The second kappa shape index (κ2) is 4.69. The summed E-state index contributed by atoms with van der Waals surface area (Å²) in [6, 6.07) is 14.0. The number of aliphatic hydroxyl groups is 1. The summed E-state index contributed by atoms with van der Waals surface area (Å²) in [5.41, 5.74) is 4.21. The summed E-state index contributed by atoms with van der Waals surface area (Å²) in [4.78, 5) is 0. The van der Waals surface area contributed by atoms with Gasteiger partial charge in [0.05, 0.1) is 6.61 Å². The van der Waals surface area contributed by atoms with E-state index in [9.17, 15) is 0 Å². The fourth-order valence-electron chi connectivity index (χ4n) is 1.70. The first-order chi connectivity index (χ1) is 7.70. The summed E-state index contributed by atoms with van der Waals surface area (Å²) in [5, 5.41) is 9.77. The Morgan fingerprint density at radius 3 is 2.50 bits per heavy atom. The monoisotopic (exact) mass is 232 g/mol. The molecule has 2 aromatic rings. The van der Waals surface area contributed by atoms with Gasteiger partial charge in [0.1, 0.15) is 0 Å². The number of aliphatic hydroxyl groups excluding tert-OH is 1. The highest BCUT2D eigenvalue weighted by molar-refractivity contribution is 6.31. The summed E-state index contributed by atoms with van der Waals surface area (Å²) in [6.07, 6.45) is 0. The summed E-state index contributed by atoms with van der Waals surface area (Å²) in [7, 11) is 0. The Morgan fingerprint density at radius 1 is 1.06 bits per heavy atom. The molecule has 82 valence electrons. The third kappa shape index (κ3) is 2.26. The van der Waals surface area contributed by atoms with Gasteiger partial charge < -0.3 is 5.11 Å². The van der Waals surface area contributed by atoms with Crippen LogP contribution in [0.2, 0.25) is 5.02 Å². The third-order valence-electron chi connectivity index (χ3n) is 2.57. The zero-order valence-corrected chi connectivity index (χ0v) is 9.83.